The van der Waals surface area contributed by atoms with Crippen molar-refractivity contribution < 1.29 is 18.9 Å². The zero-order valence-corrected chi connectivity index (χ0v) is 14.9. The number of imide groups is 1. The van der Waals surface area contributed by atoms with E-state index in [9.17, 15) is 14.4 Å². The molecule has 0 bridgehead atoms. The number of rotatable bonds is 6. The summed E-state index contributed by atoms with van der Waals surface area (Å²) in [5.41, 5.74) is 0.934. The molecule has 3 amide bonds. The Morgan fingerprint density at radius 2 is 1.96 bits per heavy atom. The third kappa shape index (κ3) is 3.35. The van der Waals surface area contributed by atoms with E-state index >= 15 is 0 Å². The van der Waals surface area contributed by atoms with Crippen LogP contribution in [0.1, 0.15) is 69.0 Å². The van der Waals surface area contributed by atoms with Crippen LogP contribution in [0, 0.1) is 0 Å². The van der Waals surface area contributed by atoms with Gasteiger partial charge in [0.05, 0.1) is 11.1 Å². The molecule has 0 saturated heterocycles. The Morgan fingerprint density at radius 1 is 1.23 bits per heavy atom. The number of carbonyl (C=O) groups is 3. The second-order valence-electron chi connectivity index (χ2n) is 6.49. The lowest BCUT2D eigenvalue weighted by atomic mass is 10.1. The fourth-order valence-corrected chi connectivity index (χ4v) is 2.65. The normalized spacial score (nSPS) is 13.5. The van der Waals surface area contributed by atoms with Crippen molar-refractivity contribution in [2.45, 2.75) is 32.6 Å². The zero-order chi connectivity index (χ0) is 18.8. The number of carbonyl (C=O) groups excluding carboxylic acids is 3. The van der Waals surface area contributed by atoms with Gasteiger partial charge in [-0.1, -0.05) is 19.0 Å². The Kier molecular flexibility index (Phi) is 4.83. The molecule has 0 radical (unpaired) electrons. The topological polar surface area (TPSA) is 105 Å². The maximum atomic E-state index is 12.2. The predicted octanol–water partition coefficient (Wildman–Crippen LogP) is 1.78. The number of aryl methyl sites for hydroxylation is 1. The summed E-state index contributed by atoms with van der Waals surface area (Å²) in [4.78, 5) is 41.4. The van der Waals surface area contributed by atoms with E-state index in [4.69, 9.17) is 4.52 Å². The maximum Gasteiger partial charge on any atom is 0.261 e. The smallest absolute Gasteiger partial charge is 0.261 e. The summed E-state index contributed by atoms with van der Waals surface area (Å²) in [7, 11) is 1.42. The molecule has 1 N–H and O–H groups in total. The van der Waals surface area contributed by atoms with Crippen LogP contribution in [0.4, 0.5) is 0 Å². The van der Waals surface area contributed by atoms with Crippen LogP contribution >= 0.6 is 0 Å². The summed E-state index contributed by atoms with van der Waals surface area (Å²) in [5, 5.41) is 6.68. The quantitative estimate of drug-likeness (QED) is 0.625. The van der Waals surface area contributed by atoms with Gasteiger partial charge in [-0.25, -0.2) is 0 Å². The van der Waals surface area contributed by atoms with Gasteiger partial charge in [-0.3, -0.25) is 19.3 Å². The molecule has 1 aliphatic heterocycles. The van der Waals surface area contributed by atoms with Crippen LogP contribution in [0.5, 0.6) is 0 Å². The molecule has 0 fully saturated rings. The van der Waals surface area contributed by atoms with Crippen molar-refractivity contribution in [1.29, 1.82) is 0 Å². The van der Waals surface area contributed by atoms with Crippen molar-refractivity contribution in [3.8, 4) is 0 Å². The zero-order valence-electron chi connectivity index (χ0n) is 14.9. The highest BCUT2D eigenvalue weighted by atomic mass is 16.5. The van der Waals surface area contributed by atoms with Crippen LogP contribution in [0.15, 0.2) is 22.7 Å². The van der Waals surface area contributed by atoms with Crippen molar-refractivity contribution in [3.63, 3.8) is 0 Å². The second kappa shape index (κ2) is 7.07. The van der Waals surface area contributed by atoms with Gasteiger partial charge in [-0.05, 0) is 24.6 Å². The van der Waals surface area contributed by atoms with E-state index in [0.29, 0.717) is 42.2 Å². The van der Waals surface area contributed by atoms with Crippen molar-refractivity contribution in [2.24, 2.45) is 0 Å². The molecule has 0 aliphatic carbocycles. The van der Waals surface area contributed by atoms with E-state index in [1.54, 1.807) is 6.07 Å². The van der Waals surface area contributed by atoms with E-state index in [0.717, 1.165) is 4.90 Å². The van der Waals surface area contributed by atoms with Gasteiger partial charge in [-0.15, -0.1) is 0 Å². The highest BCUT2D eigenvalue weighted by Crippen LogP contribution is 2.22. The molecule has 8 nitrogen and oxygen atoms in total. The maximum absolute atomic E-state index is 12.2. The lowest BCUT2D eigenvalue weighted by molar-refractivity contribution is 0.0693. The highest BCUT2D eigenvalue weighted by molar-refractivity contribution is 6.21. The minimum absolute atomic E-state index is 0.209. The highest BCUT2D eigenvalue weighted by Gasteiger charge is 2.33. The lowest BCUT2D eigenvalue weighted by Crippen LogP contribution is -2.25. The monoisotopic (exact) mass is 356 g/mol. The summed E-state index contributed by atoms with van der Waals surface area (Å²) in [6.45, 7) is 4.41. The number of hydrogen-bond donors (Lipinski definition) is 1. The van der Waals surface area contributed by atoms with E-state index in [1.165, 1.54) is 19.2 Å². The van der Waals surface area contributed by atoms with Gasteiger partial charge in [0.15, 0.2) is 5.82 Å². The Labute approximate surface area is 150 Å². The number of nitrogens with one attached hydrogen (secondary N) is 1. The van der Waals surface area contributed by atoms with Gasteiger partial charge in [0.25, 0.3) is 17.7 Å². The lowest BCUT2D eigenvalue weighted by Gasteiger charge is -2.05. The molecular formula is C18H20N4O4. The molecule has 3 rings (SSSR count). The van der Waals surface area contributed by atoms with Crippen LogP contribution in [0.25, 0.3) is 0 Å². The van der Waals surface area contributed by atoms with Gasteiger partial charge in [0.1, 0.15) is 0 Å². The number of nitrogens with zero attached hydrogens (tertiary/aromatic N) is 3. The van der Waals surface area contributed by atoms with Gasteiger partial charge < -0.3 is 9.84 Å². The Bertz CT molecular complexity index is 872. The second-order valence-corrected chi connectivity index (χ2v) is 6.49. The number of amides is 3. The summed E-state index contributed by atoms with van der Waals surface area (Å²) in [6.07, 6.45) is 1.22. The van der Waals surface area contributed by atoms with Gasteiger partial charge >= 0.3 is 0 Å². The van der Waals surface area contributed by atoms with Crippen molar-refractivity contribution in [1.82, 2.24) is 20.4 Å². The minimum atomic E-state index is -0.392. The first kappa shape index (κ1) is 17.8. The summed E-state index contributed by atoms with van der Waals surface area (Å²) < 4.78 is 5.15. The van der Waals surface area contributed by atoms with Crippen molar-refractivity contribution in [2.75, 3.05) is 13.6 Å². The summed E-state index contributed by atoms with van der Waals surface area (Å²) in [6, 6.07) is 4.52. The third-order valence-corrected chi connectivity index (χ3v) is 4.21. The van der Waals surface area contributed by atoms with E-state index < -0.39 is 5.91 Å². The molecule has 0 unspecified atom stereocenters. The summed E-state index contributed by atoms with van der Waals surface area (Å²) in [5.74, 6) is 0.393. The SMILES string of the molecule is CC(C)c1noc(CCCNC(=O)c2ccc3c(c2)C(=O)N(C)C3=O)n1. The standard InChI is InChI=1S/C18H20N4O4/c1-10(2)15-20-14(26-21-15)5-4-8-19-16(23)11-6-7-12-13(9-11)18(25)22(3)17(12)24/h6-7,9-10H,4-5,8H2,1-3H3,(H,19,23). The molecule has 2 aromatic rings. The fourth-order valence-electron chi connectivity index (χ4n) is 2.65. The molecular weight excluding hydrogens is 336 g/mol. The first-order chi connectivity index (χ1) is 12.4. The molecule has 0 saturated carbocycles. The average molecular weight is 356 g/mol. The van der Waals surface area contributed by atoms with Gasteiger partial charge in [-0.2, -0.15) is 4.98 Å². The molecule has 2 heterocycles. The van der Waals surface area contributed by atoms with Crippen LogP contribution in [-0.4, -0.2) is 46.4 Å². The molecule has 1 aliphatic rings. The number of fused-ring (bicyclic) bond motifs is 1. The summed E-state index contributed by atoms with van der Waals surface area (Å²) >= 11 is 0. The van der Waals surface area contributed by atoms with E-state index in [1.807, 2.05) is 13.8 Å². The number of aromatic nitrogens is 2. The number of benzene rings is 1. The van der Waals surface area contributed by atoms with Crippen molar-refractivity contribution >= 4 is 17.7 Å². The number of hydrogen-bond acceptors (Lipinski definition) is 6. The molecule has 0 spiro atoms. The minimum Gasteiger partial charge on any atom is -0.352 e. The van der Waals surface area contributed by atoms with Crippen LogP contribution in [0.2, 0.25) is 0 Å². The Morgan fingerprint density at radius 3 is 2.65 bits per heavy atom. The van der Waals surface area contributed by atoms with E-state index in [-0.39, 0.29) is 23.3 Å². The first-order valence-corrected chi connectivity index (χ1v) is 8.45. The largest absolute Gasteiger partial charge is 0.352 e. The van der Waals surface area contributed by atoms with Crippen LogP contribution in [-0.2, 0) is 6.42 Å². The van der Waals surface area contributed by atoms with Gasteiger partial charge in [0, 0.05) is 31.5 Å². The Hall–Kier alpha value is -3.03. The van der Waals surface area contributed by atoms with E-state index in [2.05, 4.69) is 15.5 Å². The third-order valence-electron chi connectivity index (χ3n) is 4.21. The molecule has 1 aromatic heterocycles. The first-order valence-electron chi connectivity index (χ1n) is 8.45. The molecule has 26 heavy (non-hydrogen) atoms. The fraction of sp³-hybridized carbons (Fsp3) is 0.389. The molecule has 1 aromatic carbocycles. The molecule has 8 heteroatoms. The predicted molar refractivity (Wildman–Crippen MR) is 91.9 cm³/mol. The Balaban J connectivity index is 1.54. The molecule has 136 valence electrons. The van der Waals surface area contributed by atoms with Gasteiger partial charge in [0.2, 0.25) is 5.89 Å². The van der Waals surface area contributed by atoms with Crippen molar-refractivity contribution in [3.05, 3.63) is 46.6 Å². The molecule has 0 atom stereocenters. The average Bonchev–Trinajstić information content (AvgIpc) is 3.19. The van der Waals surface area contributed by atoms with Crippen LogP contribution < -0.4 is 5.32 Å². The van der Waals surface area contributed by atoms with Crippen LogP contribution in [0.3, 0.4) is 0 Å².